The van der Waals surface area contributed by atoms with E-state index in [-0.39, 0.29) is 0 Å². The highest BCUT2D eigenvalue weighted by molar-refractivity contribution is 9.10. The van der Waals surface area contributed by atoms with Gasteiger partial charge in [0.25, 0.3) is 0 Å². The van der Waals surface area contributed by atoms with E-state index >= 15 is 0 Å². The van der Waals surface area contributed by atoms with Crippen LogP contribution in [0, 0.1) is 5.92 Å². The smallest absolute Gasteiger partial charge is 0.183 e. The van der Waals surface area contributed by atoms with Crippen LogP contribution in [0.5, 0.6) is 0 Å². The van der Waals surface area contributed by atoms with Crippen molar-refractivity contribution < 1.29 is 0 Å². The van der Waals surface area contributed by atoms with Crippen LogP contribution in [0.25, 0.3) is 10.2 Å². The molecule has 1 aromatic heterocycles. The lowest BCUT2D eigenvalue weighted by Crippen LogP contribution is -2.35. The lowest BCUT2D eigenvalue weighted by Gasteiger charge is -2.30. The lowest BCUT2D eigenvalue weighted by molar-refractivity contribution is 0.198. The number of anilines is 1. The molecule has 1 N–H and O–H groups in total. The second kappa shape index (κ2) is 6.41. The molecule has 0 amide bonds. The molecule has 0 spiro atoms. The number of piperidine rings is 1. The summed E-state index contributed by atoms with van der Waals surface area (Å²) in [6.07, 6.45) is 2.61. The fourth-order valence-electron chi connectivity index (χ4n) is 2.71. The van der Waals surface area contributed by atoms with Crippen molar-refractivity contribution in [3.8, 4) is 0 Å². The van der Waals surface area contributed by atoms with Crippen LogP contribution >= 0.6 is 27.3 Å². The molecular weight excluding hydrogens is 334 g/mol. The number of benzene rings is 1. The summed E-state index contributed by atoms with van der Waals surface area (Å²) in [5.41, 5.74) is 1.08. The maximum absolute atomic E-state index is 4.66. The molecule has 0 bridgehead atoms. The fraction of sp³-hybridized carbons (Fsp3) is 0.533. The third-order valence-electron chi connectivity index (χ3n) is 4.05. The van der Waals surface area contributed by atoms with Crippen LogP contribution in [0.2, 0.25) is 0 Å². The molecular formula is C15H20BrN3S. The number of nitrogens with one attached hydrogen (secondary N) is 1. The summed E-state index contributed by atoms with van der Waals surface area (Å²) in [6, 6.07) is 6.28. The maximum atomic E-state index is 4.66. The molecule has 3 rings (SSSR count). The molecule has 2 heterocycles. The van der Waals surface area contributed by atoms with E-state index in [1.165, 1.54) is 37.2 Å². The van der Waals surface area contributed by atoms with E-state index in [9.17, 15) is 0 Å². The third kappa shape index (κ3) is 3.32. The van der Waals surface area contributed by atoms with Crippen LogP contribution in [-0.4, -0.2) is 36.1 Å². The predicted octanol–water partition coefficient (Wildman–Crippen LogP) is 4.20. The van der Waals surface area contributed by atoms with E-state index in [4.69, 9.17) is 0 Å². The zero-order valence-corrected chi connectivity index (χ0v) is 14.1. The van der Waals surface area contributed by atoms with E-state index in [0.717, 1.165) is 27.6 Å². The van der Waals surface area contributed by atoms with E-state index < -0.39 is 0 Å². The molecule has 1 aromatic carbocycles. The van der Waals surface area contributed by atoms with Gasteiger partial charge in [0, 0.05) is 11.0 Å². The molecule has 5 heteroatoms. The topological polar surface area (TPSA) is 28.2 Å². The van der Waals surface area contributed by atoms with Crippen LogP contribution in [0.4, 0.5) is 5.13 Å². The Balaban J connectivity index is 1.57. The quantitative estimate of drug-likeness (QED) is 0.892. The summed E-state index contributed by atoms with van der Waals surface area (Å²) in [4.78, 5) is 7.19. The number of fused-ring (bicyclic) bond motifs is 1. The summed E-state index contributed by atoms with van der Waals surface area (Å²) in [7, 11) is 0. The van der Waals surface area contributed by atoms with Gasteiger partial charge in [-0.3, -0.25) is 0 Å². The predicted molar refractivity (Wildman–Crippen MR) is 90.6 cm³/mol. The Morgan fingerprint density at radius 3 is 2.95 bits per heavy atom. The van der Waals surface area contributed by atoms with Gasteiger partial charge in [-0.05, 0) is 56.6 Å². The number of halogens is 1. The molecule has 0 saturated carbocycles. The van der Waals surface area contributed by atoms with Gasteiger partial charge in [0.15, 0.2) is 5.13 Å². The SMILES string of the molecule is CCN1CCC(CNc2nc3cc(Br)ccc3s2)CC1. The molecule has 0 radical (unpaired) electrons. The number of nitrogens with zero attached hydrogens (tertiary/aromatic N) is 2. The molecule has 3 nitrogen and oxygen atoms in total. The zero-order valence-electron chi connectivity index (χ0n) is 11.7. The first-order valence-corrected chi connectivity index (χ1v) is 8.88. The molecule has 1 fully saturated rings. The van der Waals surface area contributed by atoms with Crippen molar-refractivity contribution in [3.63, 3.8) is 0 Å². The second-order valence-corrected chi connectivity index (χ2v) is 7.34. The average molecular weight is 354 g/mol. The Bertz CT molecular complexity index is 576. The minimum Gasteiger partial charge on any atom is -0.361 e. The van der Waals surface area contributed by atoms with E-state index in [0.29, 0.717) is 0 Å². The highest BCUT2D eigenvalue weighted by Crippen LogP contribution is 2.28. The van der Waals surface area contributed by atoms with Gasteiger partial charge in [0.2, 0.25) is 0 Å². The first-order valence-electron chi connectivity index (χ1n) is 7.27. The van der Waals surface area contributed by atoms with Crippen LogP contribution in [-0.2, 0) is 0 Å². The van der Waals surface area contributed by atoms with E-state index in [1.54, 1.807) is 11.3 Å². The standard InChI is InChI=1S/C15H20BrN3S/c1-2-19-7-5-11(6-8-19)10-17-15-18-13-9-12(16)3-4-14(13)20-15/h3-4,9,11H,2,5-8,10H2,1H3,(H,17,18). The van der Waals surface area contributed by atoms with Gasteiger partial charge in [-0.2, -0.15) is 0 Å². The van der Waals surface area contributed by atoms with Crippen molar-refractivity contribution in [1.82, 2.24) is 9.88 Å². The zero-order chi connectivity index (χ0) is 13.9. The molecule has 20 heavy (non-hydrogen) atoms. The summed E-state index contributed by atoms with van der Waals surface area (Å²) < 4.78 is 2.34. The lowest BCUT2D eigenvalue weighted by atomic mass is 9.97. The molecule has 0 unspecified atom stereocenters. The van der Waals surface area contributed by atoms with Crippen molar-refractivity contribution >= 4 is 42.6 Å². The number of thiazole rings is 1. The van der Waals surface area contributed by atoms with Gasteiger partial charge >= 0.3 is 0 Å². The third-order valence-corrected chi connectivity index (χ3v) is 5.53. The van der Waals surface area contributed by atoms with Crippen LogP contribution < -0.4 is 5.32 Å². The largest absolute Gasteiger partial charge is 0.361 e. The first kappa shape index (κ1) is 14.3. The first-order chi connectivity index (χ1) is 9.74. The minimum absolute atomic E-state index is 0.788. The molecule has 1 saturated heterocycles. The maximum Gasteiger partial charge on any atom is 0.183 e. The number of hydrogen-bond donors (Lipinski definition) is 1. The second-order valence-electron chi connectivity index (χ2n) is 5.39. The number of likely N-dealkylation sites (tertiary alicyclic amines) is 1. The molecule has 0 aliphatic carbocycles. The van der Waals surface area contributed by atoms with Gasteiger partial charge in [-0.25, -0.2) is 4.98 Å². The molecule has 0 atom stereocenters. The Labute approximate surface area is 132 Å². The molecule has 1 aliphatic rings. The van der Waals surface area contributed by atoms with Crippen molar-refractivity contribution in [2.75, 3.05) is 31.5 Å². The number of rotatable bonds is 4. The van der Waals surface area contributed by atoms with Crippen molar-refractivity contribution in [2.24, 2.45) is 5.92 Å². The number of hydrogen-bond acceptors (Lipinski definition) is 4. The highest BCUT2D eigenvalue weighted by Gasteiger charge is 2.18. The van der Waals surface area contributed by atoms with Crippen molar-refractivity contribution in [3.05, 3.63) is 22.7 Å². The van der Waals surface area contributed by atoms with E-state index in [1.807, 2.05) is 0 Å². The van der Waals surface area contributed by atoms with Crippen LogP contribution in [0.1, 0.15) is 19.8 Å². The Kier molecular flexibility index (Phi) is 4.58. The Hall–Kier alpha value is -0.650. The average Bonchev–Trinajstić information content (AvgIpc) is 2.87. The number of aromatic nitrogens is 1. The van der Waals surface area contributed by atoms with Gasteiger partial charge in [-0.1, -0.05) is 34.2 Å². The minimum atomic E-state index is 0.788. The summed E-state index contributed by atoms with van der Waals surface area (Å²) >= 11 is 5.24. The monoisotopic (exact) mass is 353 g/mol. The van der Waals surface area contributed by atoms with Crippen molar-refractivity contribution in [2.45, 2.75) is 19.8 Å². The van der Waals surface area contributed by atoms with E-state index in [2.05, 4.69) is 56.3 Å². The Morgan fingerprint density at radius 2 is 2.20 bits per heavy atom. The fourth-order valence-corrected chi connectivity index (χ4v) is 3.92. The molecule has 1 aliphatic heterocycles. The van der Waals surface area contributed by atoms with Gasteiger partial charge in [0.05, 0.1) is 10.2 Å². The van der Waals surface area contributed by atoms with Crippen LogP contribution in [0.3, 0.4) is 0 Å². The Morgan fingerprint density at radius 1 is 1.40 bits per heavy atom. The van der Waals surface area contributed by atoms with Gasteiger partial charge < -0.3 is 10.2 Å². The van der Waals surface area contributed by atoms with Crippen molar-refractivity contribution in [1.29, 1.82) is 0 Å². The summed E-state index contributed by atoms with van der Waals surface area (Å²) in [6.45, 7) is 6.98. The summed E-state index contributed by atoms with van der Waals surface area (Å²) in [5.74, 6) is 0.788. The summed E-state index contributed by atoms with van der Waals surface area (Å²) in [5, 5.41) is 4.58. The molecule has 108 valence electrons. The normalized spacial score (nSPS) is 17.7. The molecule has 2 aromatic rings. The van der Waals surface area contributed by atoms with Gasteiger partial charge in [0.1, 0.15) is 0 Å². The van der Waals surface area contributed by atoms with Crippen LogP contribution in [0.15, 0.2) is 22.7 Å². The van der Waals surface area contributed by atoms with Gasteiger partial charge in [-0.15, -0.1) is 0 Å². The highest BCUT2D eigenvalue weighted by atomic mass is 79.9.